The van der Waals surface area contributed by atoms with E-state index in [1.807, 2.05) is 37.3 Å². The summed E-state index contributed by atoms with van der Waals surface area (Å²) in [6.45, 7) is 2.02. The van der Waals surface area contributed by atoms with Crippen LogP contribution in [-0.4, -0.2) is 23.0 Å². The molecule has 0 amide bonds. The molecular formula is C21H22N4O2. The van der Waals surface area contributed by atoms with Crippen LogP contribution in [0.5, 0.6) is 0 Å². The van der Waals surface area contributed by atoms with E-state index < -0.39 is 0 Å². The second-order valence-corrected chi connectivity index (χ2v) is 6.19. The number of benzene rings is 2. The van der Waals surface area contributed by atoms with Gasteiger partial charge in [-0.3, -0.25) is 0 Å². The van der Waals surface area contributed by atoms with Crippen molar-refractivity contribution in [1.82, 2.24) is 9.97 Å². The lowest BCUT2D eigenvalue weighted by atomic mass is 9.97. The lowest BCUT2D eigenvalue weighted by molar-refractivity contribution is 0.0601. The molecule has 0 atom stereocenters. The maximum Gasteiger partial charge on any atom is 0.337 e. The number of rotatable bonds is 5. The molecule has 0 aliphatic carbocycles. The number of nitrogens with two attached hydrogens (primary N) is 2. The normalized spacial score (nSPS) is 10.6. The Kier molecular flexibility index (Phi) is 5.35. The Morgan fingerprint density at radius 1 is 1.04 bits per heavy atom. The highest BCUT2D eigenvalue weighted by Gasteiger charge is 2.12. The van der Waals surface area contributed by atoms with Crippen LogP contribution in [0.1, 0.15) is 34.1 Å². The van der Waals surface area contributed by atoms with Crippen LogP contribution in [-0.2, 0) is 17.6 Å². The molecule has 0 saturated heterocycles. The lowest BCUT2D eigenvalue weighted by Crippen LogP contribution is -2.09. The summed E-state index contributed by atoms with van der Waals surface area (Å²) in [4.78, 5) is 20.0. The largest absolute Gasteiger partial charge is 0.465 e. The molecule has 0 saturated carbocycles. The van der Waals surface area contributed by atoms with Crippen LogP contribution < -0.4 is 11.5 Å². The zero-order chi connectivity index (χ0) is 19.4. The highest BCUT2D eigenvalue weighted by molar-refractivity contribution is 5.90. The topological polar surface area (TPSA) is 104 Å². The predicted octanol–water partition coefficient (Wildman–Crippen LogP) is 3.25. The van der Waals surface area contributed by atoms with Gasteiger partial charge in [-0.1, -0.05) is 43.3 Å². The van der Waals surface area contributed by atoms with Crippen molar-refractivity contribution < 1.29 is 9.53 Å². The zero-order valence-corrected chi connectivity index (χ0v) is 15.4. The second kappa shape index (κ2) is 7.86. The van der Waals surface area contributed by atoms with Crippen molar-refractivity contribution in [3.63, 3.8) is 0 Å². The summed E-state index contributed by atoms with van der Waals surface area (Å²) >= 11 is 0. The van der Waals surface area contributed by atoms with E-state index in [-0.39, 0.29) is 11.9 Å². The van der Waals surface area contributed by atoms with Crippen LogP contribution in [0.15, 0.2) is 48.5 Å². The van der Waals surface area contributed by atoms with Gasteiger partial charge in [-0.25, -0.2) is 9.78 Å². The van der Waals surface area contributed by atoms with Gasteiger partial charge in [0.25, 0.3) is 0 Å². The molecule has 6 nitrogen and oxygen atoms in total. The summed E-state index contributed by atoms with van der Waals surface area (Å²) in [5.41, 5.74) is 17.2. The Bertz CT molecular complexity index is 968. The first-order valence-corrected chi connectivity index (χ1v) is 8.70. The molecule has 0 aliphatic heterocycles. The Morgan fingerprint density at radius 3 is 2.44 bits per heavy atom. The van der Waals surface area contributed by atoms with Crippen molar-refractivity contribution in [2.75, 3.05) is 18.6 Å². The average Bonchev–Trinajstić information content (AvgIpc) is 2.69. The van der Waals surface area contributed by atoms with Gasteiger partial charge in [0.15, 0.2) is 0 Å². The van der Waals surface area contributed by atoms with E-state index in [0.717, 1.165) is 34.4 Å². The molecule has 0 aliphatic rings. The molecule has 0 fully saturated rings. The molecule has 0 bridgehead atoms. The van der Waals surface area contributed by atoms with E-state index in [1.54, 1.807) is 12.1 Å². The van der Waals surface area contributed by atoms with Crippen LogP contribution in [0.4, 0.5) is 11.8 Å². The Hall–Kier alpha value is -3.41. The summed E-state index contributed by atoms with van der Waals surface area (Å²) in [5, 5.41) is 0. The van der Waals surface area contributed by atoms with Gasteiger partial charge in [0.1, 0.15) is 5.82 Å². The lowest BCUT2D eigenvalue weighted by Gasteiger charge is -2.12. The monoisotopic (exact) mass is 362 g/mol. The SMILES string of the molecule is CCc1nc(N)nc(N)c1Cc1cccc(-c2ccc(C(=O)OC)cc2)c1. The third kappa shape index (κ3) is 4.06. The first-order chi connectivity index (χ1) is 13.0. The highest BCUT2D eigenvalue weighted by atomic mass is 16.5. The summed E-state index contributed by atoms with van der Waals surface area (Å²) < 4.78 is 4.74. The minimum atomic E-state index is -0.346. The fourth-order valence-electron chi connectivity index (χ4n) is 3.04. The van der Waals surface area contributed by atoms with Crippen molar-refractivity contribution >= 4 is 17.7 Å². The number of ether oxygens (including phenoxy) is 1. The van der Waals surface area contributed by atoms with Crippen LogP contribution in [0.25, 0.3) is 11.1 Å². The van der Waals surface area contributed by atoms with E-state index in [1.165, 1.54) is 7.11 Å². The molecule has 1 heterocycles. The van der Waals surface area contributed by atoms with Crippen LogP contribution in [0.3, 0.4) is 0 Å². The van der Waals surface area contributed by atoms with Gasteiger partial charge >= 0.3 is 5.97 Å². The van der Waals surface area contributed by atoms with E-state index in [9.17, 15) is 4.79 Å². The van der Waals surface area contributed by atoms with Crippen molar-refractivity contribution in [1.29, 1.82) is 0 Å². The Balaban J connectivity index is 1.90. The van der Waals surface area contributed by atoms with Crippen molar-refractivity contribution in [3.05, 3.63) is 70.9 Å². The van der Waals surface area contributed by atoms with Crippen LogP contribution >= 0.6 is 0 Å². The second-order valence-electron chi connectivity index (χ2n) is 6.19. The van der Waals surface area contributed by atoms with Gasteiger partial charge in [-0.05, 0) is 35.2 Å². The number of esters is 1. The maximum absolute atomic E-state index is 11.6. The number of nitrogen functional groups attached to an aromatic ring is 2. The van der Waals surface area contributed by atoms with E-state index in [0.29, 0.717) is 17.8 Å². The first kappa shape index (κ1) is 18.4. The average molecular weight is 362 g/mol. The van der Waals surface area contributed by atoms with Crippen molar-refractivity contribution in [2.24, 2.45) is 0 Å². The number of hydrogen-bond donors (Lipinski definition) is 2. The van der Waals surface area contributed by atoms with Gasteiger partial charge < -0.3 is 16.2 Å². The molecule has 1 aromatic heterocycles. The quantitative estimate of drug-likeness (QED) is 0.675. The number of aryl methyl sites for hydroxylation is 1. The molecular weight excluding hydrogens is 340 g/mol. The number of carbonyl (C=O) groups is 1. The predicted molar refractivity (Wildman–Crippen MR) is 106 cm³/mol. The Labute approximate surface area is 158 Å². The number of carbonyl (C=O) groups excluding carboxylic acids is 1. The number of hydrogen-bond acceptors (Lipinski definition) is 6. The summed E-state index contributed by atoms with van der Waals surface area (Å²) in [5.74, 6) is 0.279. The third-order valence-corrected chi connectivity index (χ3v) is 4.42. The molecule has 27 heavy (non-hydrogen) atoms. The van der Waals surface area contributed by atoms with Gasteiger partial charge in [-0.15, -0.1) is 0 Å². The molecule has 2 aromatic carbocycles. The number of nitrogens with zero attached hydrogens (tertiary/aromatic N) is 2. The van der Waals surface area contributed by atoms with Crippen LogP contribution in [0.2, 0.25) is 0 Å². The maximum atomic E-state index is 11.6. The van der Waals surface area contributed by atoms with Crippen LogP contribution in [0, 0.1) is 0 Å². The molecule has 3 aromatic rings. The van der Waals surface area contributed by atoms with Gasteiger partial charge in [0.05, 0.1) is 18.4 Å². The zero-order valence-electron chi connectivity index (χ0n) is 15.4. The van der Waals surface area contributed by atoms with Gasteiger partial charge in [-0.2, -0.15) is 4.98 Å². The minimum Gasteiger partial charge on any atom is -0.465 e. The molecule has 0 radical (unpaired) electrons. The van der Waals surface area contributed by atoms with Crippen molar-refractivity contribution in [3.8, 4) is 11.1 Å². The smallest absolute Gasteiger partial charge is 0.337 e. The number of anilines is 2. The fraction of sp³-hybridized carbons (Fsp3) is 0.190. The molecule has 6 heteroatoms. The Morgan fingerprint density at radius 2 is 1.78 bits per heavy atom. The van der Waals surface area contributed by atoms with Crippen molar-refractivity contribution in [2.45, 2.75) is 19.8 Å². The standard InChI is InChI=1S/C21H22N4O2/c1-3-18-17(19(22)25-21(23)24-18)12-13-5-4-6-16(11-13)14-7-9-15(10-8-14)20(26)27-2/h4-11H,3,12H2,1-2H3,(H4,22,23,24,25). The van der Waals surface area contributed by atoms with E-state index in [4.69, 9.17) is 16.2 Å². The molecule has 0 unspecified atom stereocenters. The van der Waals surface area contributed by atoms with E-state index >= 15 is 0 Å². The summed E-state index contributed by atoms with van der Waals surface area (Å²) in [7, 11) is 1.37. The summed E-state index contributed by atoms with van der Waals surface area (Å²) in [6.07, 6.45) is 1.37. The molecule has 0 spiro atoms. The molecule has 4 N–H and O–H groups in total. The summed E-state index contributed by atoms with van der Waals surface area (Å²) in [6, 6.07) is 15.5. The number of methoxy groups -OCH3 is 1. The molecule has 138 valence electrons. The fourth-order valence-corrected chi connectivity index (χ4v) is 3.04. The molecule has 3 rings (SSSR count). The minimum absolute atomic E-state index is 0.201. The van der Waals surface area contributed by atoms with Gasteiger partial charge in [0.2, 0.25) is 5.95 Å². The number of aromatic nitrogens is 2. The first-order valence-electron chi connectivity index (χ1n) is 8.70. The van der Waals surface area contributed by atoms with Gasteiger partial charge in [0, 0.05) is 12.0 Å². The third-order valence-electron chi connectivity index (χ3n) is 4.42. The van der Waals surface area contributed by atoms with E-state index in [2.05, 4.69) is 16.0 Å². The highest BCUT2D eigenvalue weighted by Crippen LogP contribution is 2.25.